The van der Waals surface area contributed by atoms with E-state index in [1.165, 1.54) is 23.5 Å². The number of aliphatic carboxylic acids is 1. The minimum Gasteiger partial charge on any atom is -0.481 e. The van der Waals surface area contributed by atoms with E-state index in [9.17, 15) is 18.4 Å². The molecular formula is C20H17F2N5O4S. The maximum atomic E-state index is 12.4. The lowest BCUT2D eigenvalue weighted by Crippen LogP contribution is -2.26. The Kier molecular flexibility index (Phi) is 5.86. The van der Waals surface area contributed by atoms with E-state index in [0.717, 1.165) is 0 Å². The maximum Gasteiger partial charge on any atom is 0.387 e. The van der Waals surface area contributed by atoms with Gasteiger partial charge in [-0.15, -0.1) is 0 Å². The summed E-state index contributed by atoms with van der Waals surface area (Å²) in [5.41, 5.74) is 2.92. The standard InChI is InChI=1S/C20H17F2N5O4S/c1-9-11(17(30)23-7-6-15(28)29)3-5-13-16(9)26-19(24-13)27-20-25-12-4-2-10(31-18(21)22)8-14(12)32-20/h2-5,8,18H,6-7H2,1H3,(H,23,30)(H,28,29)(H2,24,25,26,27). The lowest BCUT2D eigenvalue weighted by molar-refractivity contribution is -0.136. The van der Waals surface area contributed by atoms with E-state index in [-0.39, 0.29) is 24.6 Å². The number of alkyl halides is 2. The molecule has 9 nitrogen and oxygen atoms in total. The van der Waals surface area contributed by atoms with Crippen LogP contribution in [0.15, 0.2) is 30.3 Å². The molecule has 0 aliphatic carbocycles. The van der Waals surface area contributed by atoms with Crippen molar-refractivity contribution in [3.8, 4) is 5.75 Å². The molecule has 0 aliphatic rings. The number of hydrogen-bond acceptors (Lipinski definition) is 7. The molecule has 0 saturated heterocycles. The largest absolute Gasteiger partial charge is 0.481 e. The number of rotatable bonds is 8. The van der Waals surface area contributed by atoms with Gasteiger partial charge in [0.05, 0.1) is 27.7 Å². The first-order valence-corrected chi connectivity index (χ1v) is 10.2. The van der Waals surface area contributed by atoms with Crippen LogP contribution in [-0.2, 0) is 4.79 Å². The van der Waals surface area contributed by atoms with Crippen LogP contribution >= 0.6 is 11.3 Å². The number of nitrogens with zero attached hydrogens (tertiary/aromatic N) is 2. The van der Waals surface area contributed by atoms with Crippen LogP contribution in [0.3, 0.4) is 0 Å². The number of hydrogen-bond donors (Lipinski definition) is 4. The van der Waals surface area contributed by atoms with E-state index in [1.807, 2.05) is 0 Å². The topological polar surface area (TPSA) is 129 Å². The van der Waals surface area contributed by atoms with Gasteiger partial charge < -0.3 is 25.5 Å². The summed E-state index contributed by atoms with van der Waals surface area (Å²) in [4.78, 5) is 35.0. The Bertz CT molecular complexity index is 1320. The summed E-state index contributed by atoms with van der Waals surface area (Å²) in [7, 11) is 0. The molecule has 4 N–H and O–H groups in total. The zero-order chi connectivity index (χ0) is 22.8. The predicted molar refractivity (Wildman–Crippen MR) is 115 cm³/mol. The van der Waals surface area contributed by atoms with Crippen molar-refractivity contribution in [2.24, 2.45) is 0 Å². The summed E-state index contributed by atoms with van der Waals surface area (Å²) in [5, 5.41) is 14.8. The number of amides is 1. The van der Waals surface area contributed by atoms with Gasteiger partial charge in [-0.2, -0.15) is 8.78 Å². The molecule has 0 unspecified atom stereocenters. The fourth-order valence-corrected chi connectivity index (χ4v) is 4.03. The van der Waals surface area contributed by atoms with E-state index in [4.69, 9.17) is 5.11 Å². The first kappa shape index (κ1) is 21.4. The number of thiazole rings is 1. The number of halogens is 2. The third-order valence-corrected chi connectivity index (χ3v) is 5.52. The van der Waals surface area contributed by atoms with Gasteiger partial charge in [-0.3, -0.25) is 9.59 Å². The molecule has 0 fully saturated rings. The number of carbonyl (C=O) groups is 2. The van der Waals surface area contributed by atoms with Gasteiger partial charge in [0.25, 0.3) is 5.91 Å². The Balaban J connectivity index is 1.54. The molecule has 2 aromatic carbocycles. The highest BCUT2D eigenvalue weighted by Gasteiger charge is 2.15. The summed E-state index contributed by atoms with van der Waals surface area (Å²) in [6, 6.07) is 7.84. The van der Waals surface area contributed by atoms with Gasteiger partial charge in [-0.25, -0.2) is 9.97 Å². The fraction of sp³-hybridized carbons (Fsp3) is 0.200. The quantitative estimate of drug-likeness (QED) is 0.312. The molecule has 12 heteroatoms. The van der Waals surface area contributed by atoms with Crippen molar-refractivity contribution in [3.05, 3.63) is 41.5 Å². The number of imidazole rings is 1. The molecule has 2 heterocycles. The number of carboxylic acids is 1. The number of ether oxygens (including phenoxy) is 1. The highest BCUT2D eigenvalue weighted by molar-refractivity contribution is 7.22. The maximum absolute atomic E-state index is 12.4. The molecule has 1 amide bonds. The number of benzene rings is 2. The average molecular weight is 461 g/mol. The van der Waals surface area contributed by atoms with Crippen LogP contribution in [0.4, 0.5) is 19.9 Å². The van der Waals surface area contributed by atoms with Gasteiger partial charge in [0, 0.05) is 12.1 Å². The van der Waals surface area contributed by atoms with E-state index in [2.05, 4.69) is 30.3 Å². The Hall–Kier alpha value is -3.80. The molecule has 0 aliphatic heterocycles. The lowest BCUT2D eigenvalue weighted by Gasteiger charge is -2.06. The summed E-state index contributed by atoms with van der Waals surface area (Å²) in [5.74, 6) is -0.921. The minimum atomic E-state index is -2.90. The number of anilines is 2. The molecule has 32 heavy (non-hydrogen) atoms. The fourth-order valence-electron chi connectivity index (χ4n) is 3.13. The Morgan fingerprint density at radius 3 is 2.81 bits per heavy atom. The van der Waals surface area contributed by atoms with E-state index >= 15 is 0 Å². The van der Waals surface area contributed by atoms with E-state index in [0.29, 0.717) is 43.5 Å². The zero-order valence-corrected chi connectivity index (χ0v) is 17.4. The first-order chi connectivity index (χ1) is 15.3. The number of aromatic nitrogens is 3. The van der Waals surface area contributed by atoms with Gasteiger partial charge in [0.2, 0.25) is 5.95 Å². The van der Waals surface area contributed by atoms with Crippen molar-refractivity contribution in [2.45, 2.75) is 20.0 Å². The van der Waals surface area contributed by atoms with Crippen LogP contribution in [0.25, 0.3) is 21.3 Å². The van der Waals surface area contributed by atoms with Crippen molar-refractivity contribution >= 4 is 55.5 Å². The second kappa shape index (κ2) is 8.75. The third kappa shape index (κ3) is 4.59. The van der Waals surface area contributed by atoms with Gasteiger partial charge in [0.1, 0.15) is 5.75 Å². The van der Waals surface area contributed by atoms with Crippen molar-refractivity contribution < 1.29 is 28.2 Å². The number of aromatic amines is 1. The Labute approximate surface area is 183 Å². The molecule has 2 aromatic heterocycles. The van der Waals surface area contributed by atoms with Crippen LogP contribution in [0, 0.1) is 6.92 Å². The number of fused-ring (bicyclic) bond motifs is 2. The number of carbonyl (C=O) groups excluding carboxylic acids is 1. The average Bonchev–Trinajstić information content (AvgIpc) is 3.30. The first-order valence-electron chi connectivity index (χ1n) is 9.42. The smallest absolute Gasteiger partial charge is 0.387 e. The van der Waals surface area contributed by atoms with Crippen molar-refractivity contribution in [3.63, 3.8) is 0 Å². The van der Waals surface area contributed by atoms with Crippen LogP contribution in [0.5, 0.6) is 5.75 Å². The monoisotopic (exact) mass is 461 g/mol. The SMILES string of the molecule is Cc1c(C(=O)NCCC(=O)O)ccc2[nH]c(Nc3nc4ccc(OC(F)F)cc4s3)nc12. The number of nitrogens with one attached hydrogen (secondary N) is 3. The van der Waals surface area contributed by atoms with Gasteiger partial charge in [-0.05, 0) is 42.8 Å². The molecule has 0 atom stereocenters. The molecule has 0 saturated carbocycles. The highest BCUT2D eigenvalue weighted by Crippen LogP contribution is 2.31. The zero-order valence-electron chi connectivity index (χ0n) is 16.6. The van der Waals surface area contributed by atoms with Gasteiger partial charge in [-0.1, -0.05) is 11.3 Å². The highest BCUT2D eigenvalue weighted by atomic mass is 32.1. The summed E-state index contributed by atoms with van der Waals surface area (Å²) in [6.45, 7) is -1.12. The summed E-state index contributed by atoms with van der Waals surface area (Å²) < 4.78 is 29.9. The van der Waals surface area contributed by atoms with E-state index < -0.39 is 12.6 Å². The van der Waals surface area contributed by atoms with Crippen LogP contribution in [0.2, 0.25) is 0 Å². The summed E-state index contributed by atoms with van der Waals surface area (Å²) in [6.07, 6.45) is -0.165. The molecule has 4 aromatic rings. The lowest BCUT2D eigenvalue weighted by atomic mass is 10.1. The second-order valence-electron chi connectivity index (χ2n) is 6.77. The molecule has 0 spiro atoms. The second-order valence-corrected chi connectivity index (χ2v) is 7.80. The van der Waals surface area contributed by atoms with E-state index in [1.54, 1.807) is 25.1 Å². The molecule has 0 bridgehead atoms. The molecule has 4 rings (SSSR count). The Morgan fingerprint density at radius 2 is 2.06 bits per heavy atom. The predicted octanol–water partition coefficient (Wildman–Crippen LogP) is 4.03. The number of carboxylic acid groups (broad SMARTS) is 1. The van der Waals surface area contributed by atoms with Crippen LogP contribution in [0.1, 0.15) is 22.3 Å². The number of aryl methyl sites for hydroxylation is 1. The number of H-pyrrole nitrogens is 1. The summed E-state index contributed by atoms with van der Waals surface area (Å²) >= 11 is 1.25. The normalized spacial score (nSPS) is 11.2. The van der Waals surface area contributed by atoms with Gasteiger partial charge >= 0.3 is 12.6 Å². The van der Waals surface area contributed by atoms with Crippen LogP contribution in [-0.4, -0.2) is 45.1 Å². The van der Waals surface area contributed by atoms with Gasteiger partial charge in [0.15, 0.2) is 5.13 Å². The van der Waals surface area contributed by atoms with Crippen molar-refractivity contribution in [2.75, 3.05) is 11.9 Å². The van der Waals surface area contributed by atoms with Crippen molar-refractivity contribution in [1.29, 1.82) is 0 Å². The minimum absolute atomic E-state index is 0.0285. The molecular weight excluding hydrogens is 444 g/mol. The third-order valence-electron chi connectivity index (χ3n) is 4.59. The van der Waals surface area contributed by atoms with Crippen LogP contribution < -0.4 is 15.4 Å². The Morgan fingerprint density at radius 1 is 1.25 bits per heavy atom. The molecule has 166 valence electrons. The van der Waals surface area contributed by atoms with Crippen molar-refractivity contribution in [1.82, 2.24) is 20.3 Å². The molecule has 0 radical (unpaired) electrons.